The van der Waals surface area contributed by atoms with E-state index in [2.05, 4.69) is 152 Å². The molecule has 12 rings (SSSR count). The molecule has 0 bridgehead atoms. The Balaban J connectivity index is 0.000000127. The summed E-state index contributed by atoms with van der Waals surface area (Å²) in [6.07, 6.45) is 25.5. The van der Waals surface area contributed by atoms with E-state index in [4.69, 9.17) is 0 Å². The molecule has 72 heavy (non-hydrogen) atoms. The standard InChI is InChI=1S/6C10H10N2/c1-7-3-11-5-9-6-12-4-8(2)10(7)9;1-7-3-9-6-12-8(2)4-10(9)5-11-7;1-7-3-9-4-8(2)12-6-10(9)5-11-7;1-7-3-5-12-10-8(2)4-6-11-9(7)10;1-7-5-9-10(6-8(7)2)12-4-3-11-9;1-7-3-4-8(2)10-9(7)11-5-6-12-10/h6*3-6H,1-2H3. The molecule has 0 atom stereocenters. The smallest absolute Gasteiger partial charge is 0.0918 e. The molecule has 0 saturated heterocycles. The lowest BCUT2D eigenvalue weighted by Crippen LogP contribution is -1.88. The van der Waals surface area contributed by atoms with Gasteiger partial charge < -0.3 is 0 Å². The lowest BCUT2D eigenvalue weighted by Gasteiger charge is -2.02. The average molecular weight is 949 g/mol. The molecule has 0 radical (unpaired) electrons. The van der Waals surface area contributed by atoms with Crippen molar-refractivity contribution in [2.24, 2.45) is 0 Å². The van der Waals surface area contributed by atoms with E-state index in [1.165, 1.54) is 55.3 Å². The minimum Gasteiger partial charge on any atom is -0.264 e. The second-order valence-corrected chi connectivity index (χ2v) is 17.9. The van der Waals surface area contributed by atoms with Gasteiger partial charge in [0.05, 0.1) is 33.1 Å². The van der Waals surface area contributed by atoms with Crippen molar-refractivity contribution >= 4 is 65.4 Å². The van der Waals surface area contributed by atoms with Crippen molar-refractivity contribution < 1.29 is 0 Å². The number of benzene rings is 2. The third-order valence-electron chi connectivity index (χ3n) is 11.9. The molecule has 0 N–H and O–H groups in total. The molecular formula is C60H60N12. The van der Waals surface area contributed by atoms with Crippen LogP contribution in [0.2, 0.25) is 0 Å². The summed E-state index contributed by atoms with van der Waals surface area (Å²) in [6, 6.07) is 20.5. The van der Waals surface area contributed by atoms with E-state index >= 15 is 0 Å². The summed E-state index contributed by atoms with van der Waals surface area (Å²) in [5.74, 6) is 0. The molecule has 0 amide bonds. The largest absolute Gasteiger partial charge is 0.264 e. The normalized spacial score (nSPS) is 10.5. The van der Waals surface area contributed by atoms with Gasteiger partial charge in [0, 0.05) is 131 Å². The van der Waals surface area contributed by atoms with Gasteiger partial charge in [-0.15, -0.1) is 0 Å². The Morgan fingerprint density at radius 3 is 0.958 bits per heavy atom. The summed E-state index contributed by atoms with van der Waals surface area (Å²) in [5, 5.41) is 7.04. The topological polar surface area (TPSA) is 155 Å². The van der Waals surface area contributed by atoms with Gasteiger partial charge in [-0.2, -0.15) is 0 Å². The Kier molecular flexibility index (Phi) is 16.9. The molecule has 0 aliphatic heterocycles. The molecule has 0 unspecified atom stereocenters. The van der Waals surface area contributed by atoms with Crippen molar-refractivity contribution in [2.75, 3.05) is 0 Å². The van der Waals surface area contributed by atoms with Gasteiger partial charge in [0.1, 0.15) is 0 Å². The minimum atomic E-state index is 0.973. The summed E-state index contributed by atoms with van der Waals surface area (Å²) >= 11 is 0. The van der Waals surface area contributed by atoms with Crippen LogP contribution in [-0.2, 0) is 0 Å². The zero-order chi connectivity index (χ0) is 51.3. The predicted molar refractivity (Wildman–Crippen MR) is 294 cm³/mol. The van der Waals surface area contributed by atoms with Crippen LogP contribution in [0.1, 0.15) is 67.3 Å². The van der Waals surface area contributed by atoms with E-state index in [-0.39, 0.29) is 0 Å². The number of hydrogen-bond acceptors (Lipinski definition) is 12. The van der Waals surface area contributed by atoms with E-state index < -0.39 is 0 Å². The lowest BCUT2D eigenvalue weighted by atomic mass is 10.1. The van der Waals surface area contributed by atoms with Crippen LogP contribution in [0.15, 0.2) is 147 Å². The molecule has 0 saturated carbocycles. The van der Waals surface area contributed by atoms with Crippen molar-refractivity contribution in [3.63, 3.8) is 0 Å². The van der Waals surface area contributed by atoms with Gasteiger partial charge in [-0.1, -0.05) is 12.1 Å². The van der Waals surface area contributed by atoms with Crippen LogP contribution < -0.4 is 0 Å². The van der Waals surface area contributed by atoms with Crippen LogP contribution in [0.4, 0.5) is 0 Å². The second-order valence-electron chi connectivity index (χ2n) is 17.9. The number of rotatable bonds is 0. The van der Waals surface area contributed by atoms with E-state index in [9.17, 15) is 0 Å². The maximum absolute atomic E-state index is 4.28. The Labute approximate surface area is 421 Å². The Hall–Kier alpha value is -8.64. The average Bonchev–Trinajstić information content (AvgIpc) is 3.37. The maximum Gasteiger partial charge on any atom is 0.0918 e. The molecule has 360 valence electrons. The van der Waals surface area contributed by atoms with Crippen molar-refractivity contribution in [3.8, 4) is 0 Å². The summed E-state index contributed by atoms with van der Waals surface area (Å²) in [7, 11) is 0. The zero-order valence-corrected chi connectivity index (χ0v) is 43.2. The Morgan fingerprint density at radius 1 is 0.236 bits per heavy atom. The number of pyridine rings is 8. The van der Waals surface area contributed by atoms with E-state index in [1.54, 1.807) is 24.8 Å². The lowest BCUT2D eigenvalue weighted by molar-refractivity contribution is 1.19. The highest BCUT2D eigenvalue weighted by atomic mass is 14.8. The Morgan fingerprint density at radius 2 is 0.569 bits per heavy atom. The summed E-state index contributed by atoms with van der Waals surface area (Å²) in [4.78, 5) is 50.6. The fourth-order valence-corrected chi connectivity index (χ4v) is 7.88. The molecule has 0 aliphatic rings. The first-order chi connectivity index (χ1) is 34.6. The third-order valence-corrected chi connectivity index (χ3v) is 11.9. The Bertz CT molecular complexity index is 3540. The van der Waals surface area contributed by atoms with E-state index in [0.717, 1.165) is 77.4 Å². The zero-order valence-electron chi connectivity index (χ0n) is 43.2. The highest BCUT2D eigenvalue weighted by molar-refractivity contribution is 5.87. The minimum absolute atomic E-state index is 0.973. The summed E-state index contributed by atoms with van der Waals surface area (Å²) < 4.78 is 0. The fourth-order valence-electron chi connectivity index (χ4n) is 7.88. The quantitative estimate of drug-likeness (QED) is 0.142. The first-order valence-corrected chi connectivity index (χ1v) is 23.7. The summed E-state index contributed by atoms with van der Waals surface area (Å²) in [6.45, 7) is 24.5. The van der Waals surface area contributed by atoms with Gasteiger partial charge in [0.25, 0.3) is 0 Å². The van der Waals surface area contributed by atoms with Crippen LogP contribution in [0, 0.1) is 83.1 Å². The van der Waals surface area contributed by atoms with Crippen molar-refractivity contribution in [1.29, 1.82) is 0 Å². The fraction of sp³-hybridized carbons (Fsp3) is 0.200. The number of aryl methyl sites for hydroxylation is 12. The highest BCUT2D eigenvalue weighted by Crippen LogP contribution is 2.21. The van der Waals surface area contributed by atoms with E-state index in [1.807, 2.05) is 114 Å². The van der Waals surface area contributed by atoms with Crippen LogP contribution in [-0.4, -0.2) is 59.8 Å². The number of fused-ring (bicyclic) bond motifs is 6. The van der Waals surface area contributed by atoms with Gasteiger partial charge in [0.15, 0.2) is 0 Å². The van der Waals surface area contributed by atoms with Gasteiger partial charge in [-0.05, 0) is 187 Å². The molecule has 0 aliphatic carbocycles. The first-order valence-electron chi connectivity index (χ1n) is 23.7. The molecule has 10 aromatic heterocycles. The molecule has 0 fully saturated rings. The van der Waals surface area contributed by atoms with Crippen molar-refractivity contribution in [1.82, 2.24) is 59.8 Å². The molecule has 12 nitrogen and oxygen atoms in total. The first kappa shape index (κ1) is 51.2. The monoisotopic (exact) mass is 949 g/mol. The van der Waals surface area contributed by atoms with Gasteiger partial charge >= 0.3 is 0 Å². The number of aromatic nitrogens is 12. The maximum atomic E-state index is 4.28. The van der Waals surface area contributed by atoms with E-state index in [0.29, 0.717) is 0 Å². The van der Waals surface area contributed by atoms with Crippen LogP contribution in [0.3, 0.4) is 0 Å². The molecule has 12 heteroatoms. The molecular weight excluding hydrogens is 889 g/mol. The van der Waals surface area contributed by atoms with Crippen LogP contribution >= 0.6 is 0 Å². The van der Waals surface area contributed by atoms with Gasteiger partial charge in [-0.3, -0.25) is 59.8 Å². The second kappa shape index (κ2) is 23.8. The van der Waals surface area contributed by atoms with Gasteiger partial charge in [-0.25, -0.2) is 0 Å². The number of hydrogen-bond donors (Lipinski definition) is 0. The van der Waals surface area contributed by atoms with Crippen LogP contribution in [0.5, 0.6) is 0 Å². The summed E-state index contributed by atoms with van der Waals surface area (Å²) in [5.41, 5.74) is 19.9. The van der Waals surface area contributed by atoms with Gasteiger partial charge in [0.2, 0.25) is 0 Å². The van der Waals surface area contributed by atoms with Crippen LogP contribution in [0.25, 0.3) is 65.4 Å². The molecule has 0 spiro atoms. The van der Waals surface area contributed by atoms with Crippen molar-refractivity contribution in [2.45, 2.75) is 83.1 Å². The predicted octanol–water partition coefficient (Wildman–Crippen LogP) is 13.5. The molecule has 12 aromatic rings. The molecule has 10 heterocycles. The number of nitrogens with zero attached hydrogens (tertiary/aromatic N) is 12. The molecule has 2 aromatic carbocycles. The van der Waals surface area contributed by atoms with Crippen molar-refractivity contribution in [3.05, 3.63) is 215 Å². The highest BCUT2D eigenvalue weighted by Gasteiger charge is 2.03. The third kappa shape index (κ3) is 13.2. The SMILES string of the molecule is Cc1cc2cc(C)ncc2cn1.Cc1cc2cnc(C)cc2cn1.Cc1cc2nccnc2cc1C.Cc1ccc(C)c2nccnc12.Cc1ccnc2c(C)ccnc12.Cc1cncc2cncc(C)c12.